The number of hydrogen-bond donors (Lipinski definition) is 5. The SMILES string of the molecule is N/C(=N\C(=O)c1ccc(C[C@H](N)C(=O)O)cc1)NCc1ccccc1N1CCC(O)CC1. The van der Waals surface area contributed by atoms with Crippen LogP contribution in [0.15, 0.2) is 53.5 Å². The minimum atomic E-state index is -1.08. The second kappa shape index (κ2) is 10.7. The first-order valence-electron chi connectivity index (χ1n) is 10.5. The molecule has 32 heavy (non-hydrogen) atoms. The summed E-state index contributed by atoms with van der Waals surface area (Å²) in [4.78, 5) is 29.4. The summed E-state index contributed by atoms with van der Waals surface area (Å²) in [6.07, 6.45) is 1.40. The zero-order chi connectivity index (χ0) is 23.1. The van der Waals surface area contributed by atoms with Crippen molar-refractivity contribution in [3.05, 3.63) is 65.2 Å². The number of carbonyl (C=O) groups excluding carboxylic acids is 1. The maximum atomic E-state index is 12.4. The Balaban J connectivity index is 1.59. The Kier molecular flexibility index (Phi) is 7.80. The number of nitrogens with two attached hydrogens (primary N) is 2. The van der Waals surface area contributed by atoms with Crippen molar-refractivity contribution < 1.29 is 19.8 Å². The Bertz CT molecular complexity index is 969. The highest BCUT2D eigenvalue weighted by Gasteiger charge is 2.19. The molecule has 0 bridgehead atoms. The molecule has 1 aliphatic rings. The van der Waals surface area contributed by atoms with Crippen LogP contribution < -0.4 is 21.7 Å². The van der Waals surface area contributed by atoms with Gasteiger partial charge >= 0.3 is 5.97 Å². The van der Waals surface area contributed by atoms with E-state index in [-0.39, 0.29) is 18.5 Å². The zero-order valence-electron chi connectivity index (χ0n) is 17.8. The summed E-state index contributed by atoms with van der Waals surface area (Å²) >= 11 is 0. The molecular weight excluding hydrogens is 410 g/mol. The van der Waals surface area contributed by atoms with E-state index >= 15 is 0 Å². The standard InChI is InChI=1S/C23H29N5O4/c24-19(22(31)32)13-15-5-7-16(8-6-15)21(30)27-23(25)26-14-17-3-1-2-4-20(17)28-11-9-18(29)10-12-28/h1-8,18-19,29H,9-14,24H2,(H,31,32)(H3,25,26,27,30)/t19-/m0/s1. The van der Waals surface area contributed by atoms with Gasteiger partial charge in [-0.05, 0) is 48.6 Å². The molecule has 3 rings (SSSR count). The molecule has 0 unspecified atom stereocenters. The van der Waals surface area contributed by atoms with Crippen LogP contribution in [0.5, 0.6) is 0 Å². The van der Waals surface area contributed by atoms with Gasteiger partial charge in [0, 0.05) is 30.9 Å². The lowest BCUT2D eigenvalue weighted by Gasteiger charge is -2.33. The van der Waals surface area contributed by atoms with Crippen molar-refractivity contribution in [1.82, 2.24) is 5.32 Å². The highest BCUT2D eigenvalue weighted by Crippen LogP contribution is 2.24. The van der Waals surface area contributed by atoms with E-state index < -0.39 is 17.9 Å². The maximum Gasteiger partial charge on any atom is 0.320 e. The molecule has 0 aliphatic carbocycles. The number of aliphatic hydroxyl groups is 1. The lowest BCUT2D eigenvalue weighted by molar-refractivity contribution is -0.138. The fourth-order valence-corrected chi connectivity index (χ4v) is 3.60. The first-order chi connectivity index (χ1) is 15.3. The molecule has 7 N–H and O–H groups in total. The fourth-order valence-electron chi connectivity index (χ4n) is 3.60. The van der Waals surface area contributed by atoms with Gasteiger partial charge < -0.3 is 31.9 Å². The summed E-state index contributed by atoms with van der Waals surface area (Å²) in [5.41, 5.74) is 14.6. The van der Waals surface area contributed by atoms with E-state index in [0.29, 0.717) is 17.7 Å². The molecule has 1 amide bonds. The van der Waals surface area contributed by atoms with Crippen LogP contribution in [0.3, 0.4) is 0 Å². The number of nitrogens with zero attached hydrogens (tertiary/aromatic N) is 2. The van der Waals surface area contributed by atoms with Crippen LogP contribution in [-0.4, -0.2) is 53.3 Å². The number of carboxylic acids is 1. The van der Waals surface area contributed by atoms with Gasteiger partial charge in [-0.2, -0.15) is 4.99 Å². The number of aliphatic carboxylic acids is 1. The van der Waals surface area contributed by atoms with Crippen LogP contribution in [0.4, 0.5) is 5.69 Å². The molecule has 0 radical (unpaired) electrons. The highest BCUT2D eigenvalue weighted by atomic mass is 16.4. The smallest absolute Gasteiger partial charge is 0.320 e. The summed E-state index contributed by atoms with van der Waals surface area (Å²) in [6, 6.07) is 13.4. The molecule has 1 fully saturated rings. The van der Waals surface area contributed by atoms with E-state index in [1.54, 1.807) is 24.3 Å². The Morgan fingerprint density at radius 2 is 1.78 bits per heavy atom. The predicted molar refractivity (Wildman–Crippen MR) is 122 cm³/mol. The number of carboxylic acid groups (broad SMARTS) is 1. The third-order valence-corrected chi connectivity index (χ3v) is 5.45. The maximum absolute atomic E-state index is 12.4. The second-order valence-electron chi connectivity index (χ2n) is 7.85. The Morgan fingerprint density at radius 1 is 1.12 bits per heavy atom. The van der Waals surface area contributed by atoms with Crippen molar-refractivity contribution in [1.29, 1.82) is 0 Å². The molecule has 2 aromatic carbocycles. The second-order valence-corrected chi connectivity index (χ2v) is 7.85. The number of benzene rings is 2. The van der Waals surface area contributed by atoms with Crippen LogP contribution in [-0.2, 0) is 17.8 Å². The number of amides is 1. The van der Waals surface area contributed by atoms with Crippen molar-refractivity contribution in [3.63, 3.8) is 0 Å². The lowest BCUT2D eigenvalue weighted by atomic mass is 10.0. The van der Waals surface area contributed by atoms with Gasteiger partial charge in [-0.3, -0.25) is 9.59 Å². The molecule has 9 heteroatoms. The van der Waals surface area contributed by atoms with E-state index in [1.165, 1.54) is 0 Å². The van der Waals surface area contributed by atoms with Crippen LogP contribution in [0.25, 0.3) is 0 Å². The quantitative estimate of drug-likeness (QED) is 0.314. The van der Waals surface area contributed by atoms with Crippen molar-refractivity contribution in [2.45, 2.75) is 38.0 Å². The number of guanidine groups is 1. The van der Waals surface area contributed by atoms with E-state index in [2.05, 4.69) is 15.2 Å². The van der Waals surface area contributed by atoms with Crippen LogP contribution >= 0.6 is 0 Å². The highest BCUT2D eigenvalue weighted by molar-refractivity contribution is 6.02. The summed E-state index contributed by atoms with van der Waals surface area (Å²) in [5.74, 6) is -1.56. The number of aliphatic hydroxyl groups excluding tert-OH is 1. The zero-order valence-corrected chi connectivity index (χ0v) is 17.8. The van der Waals surface area contributed by atoms with E-state index in [1.807, 2.05) is 24.3 Å². The number of para-hydroxylation sites is 1. The number of piperidine rings is 1. The molecular formula is C23H29N5O4. The molecule has 0 saturated carbocycles. The van der Waals surface area contributed by atoms with Gasteiger partial charge in [0.25, 0.3) is 5.91 Å². The van der Waals surface area contributed by atoms with Gasteiger partial charge in [0.1, 0.15) is 6.04 Å². The van der Waals surface area contributed by atoms with Gasteiger partial charge in [0.05, 0.1) is 6.10 Å². The molecule has 1 aliphatic heterocycles. The van der Waals surface area contributed by atoms with Gasteiger partial charge in [-0.25, -0.2) is 0 Å². The average Bonchev–Trinajstić information content (AvgIpc) is 2.79. The van der Waals surface area contributed by atoms with E-state index in [0.717, 1.165) is 37.2 Å². The number of rotatable bonds is 7. The van der Waals surface area contributed by atoms with Gasteiger partial charge in [-0.1, -0.05) is 30.3 Å². The summed E-state index contributed by atoms with van der Waals surface area (Å²) in [6.45, 7) is 1.98. The van der Waals surface area contributed by atoms with Gasteiger partial charge in [-0.15, -0.1) is 0 Å². The van der Waals surface area contributed by atoms with Gasteiger partial charge in [0.15, 0.2) is 5.96 Å². The largest absolute Gasteiger partial charge is 0.480 e. The number of carbonyl (C=O) groups is 2. The molecule has 1 heterocycles. The molecule has 2 aromatic rings. The Morgan fingerprint density at radius 3 is 2.44 bits per heavy atom. The minimum absolute atomic E-state index is 0.0100. The van der Waals surface area contributed by atoms with Gasteiger partial charge in [0.2, 0.25) is 0 Å². The monoisotopic (exact) mass is 439 g/mol. The average molecular weight is 440 g/mol. The molecule has 170 valence electrons. The number of aliphatic imine (C=N–C) groups is 1. The molecule has 1 atom stereocenters. The third-order valence-electron chi connectivity index (χ3n) is 5.45. The normalized spacial score (nSPS) is 15.9. The van der Waals surface area contributed by atoms with Crippen molar-refractivity contribution >= 4 is 23.5 Å². The van der Waals surface area contributed by atoms with Crippen LogP contribution in [0.1, 0.15) is 34.3 Å². The summed E-state index contributed by atoms with van der Waals surface area (Å²) in [7, 11) is 0. The van der Waals surface area contributed by atoms with Crippen molar-refractivity contribution in [2.75, 3.05) is 18.0 Å². The first kappa shape index (κ1) is 23.2. The first-order valence-corrected chi connectivity index (χ1v) is 10.5. The van der Waals surface area contributed by atoms with Crippen molar-refractivity contribution in [3.8, 4) is 0 Å². The molecule has 9 nitrogen and oxygen atoms in total. The topological polar surface area (TPSA) is 154 Å². The number of hydrogen-bond acceptors (Lipinski definition) is 5. The summed E-state index contributed by atoms with van der Waals surface area (Å²) in [5, 5.41) is 21.6. The number of nitrogens with one attached hydrogen (secondary N) is 1. The lowest BCUT2D eigenvalue weighted by Crippen LogP contribution is -2.37. The Hall–Kier alpha value is -3.43. The fraction of sp³-hybridized carbons (Fsp3) is 0.348. The minimum Gasteiger partial charge on any atom is -0.480 e. The molecule has 1 saturated heterocycles. The van der Waals surface area contributed by atoms with E-state index in [4.69, 9.17) is 16.6 Å². The summed E-state index contributed by atoms with van der Waals surface area (Å²) < 4.78 is 0. The van der Waals surface area contributed by atoms with E-state index in [9.17, 15) is 14.7 Å². The number of anilines is 1. The predicted octanol–water partition coefficient (Wildman–Crippen LogP) is 0.847. The Labute approximate surface area is 186 Å². The van der Waals surface area contributed by atoms with Crippen molar-refractivity contribution in [2.24, 2.45) is 16.5 Å². The van der Waals surface area contributed by atoms with Crippen LogP contribution in [0.2, 0.25) is 0 Å². The molecule has 0 aromatic heterocycles. The molecule has 0 spiro atoms. The third kappa shape index (κ3) is 6.29. The van der Waals surface area contributed by atoms with Crippen LogP contribution in [0, 0.1) is 0 Å².